The zero-order valence-electron chi connectivity index (χ0n) is 19.8. The number of amides is 1. The van der Waals surface area contributed by atoms with Crippen LogP contribution >= 0.6 is 0 Å². The van der Waals surface area contributed by atoms with Crippen molar-refractivity contribution in [3.8, 4) is 17.2 Å². The van der Waals surface area contributed by atoms with Gasteiger partial charge in [0.25, 0.3) is 5.91 Å². The molecule has 0 spiro atoms. The Morgan fingerprint density at radius 3 is 2.48 bits per heavy atom. The Hall–Kier alpha value is -3.55. The van der Waals surface area contributed by atoms with Crippen molar-refractivity contribution in [1.29, 1.82) is 0 Å². The van der Waals surface area contributed by atoms with Gasteiger partial charge >= 0.3 is 0 Å². The smallest absolute Gasteiger partial charge is 0.257 e. The Balaban J connectivity index is 1.83. The number of fused-ring (bicyclic) bond motifs is 1. The van der Waals surface area contributed by atoms with Crippen LogP contribution in [-0.4, -0.2) is 55.2 Å². The first-order chi connectivity index (χ1) is 15.9. The zero-order chi connectivity index (χ0) is 23.5. The van der Waals surface area contributed by atoms with Crippen LogP contribution in [0.15, 0.2) is 30.5 Å². The van der Waals surface area contributed by atoms with Crippen molar-refractivity contribution < 1.29 is 19.0 Å². The number of aryl methyl sites for hydroxylation is 1. The number of nitrogens with one attached hydrogen (secondary N) is 1. The normalized spacial score (nSPS) is 15.9. The molecular formula is C25H30N4O4. The Bertz CT molecular complexity index is 1160. The van der Waals surface area contributed by atoms with E-state index in [1.54, 1.807) is 27.5 Å². The molecular weight excluding hydrogens is 420 g/mol. The third kappa shape index (κ3) is 4.51. The first-order valence-corrected chi connectivity index (χ1v) is 11.1. The van der Waals surface area contributed by atoms with E-state index in [9.17, 15) is 4.79 Å². The van der Waals surface area contributed by atoms with Crippen molar-refractivity contribution in [3.63, 3.8) is 0 Å². The second-order valence-corrected chi connectivity index (χ2v) is 8.41. The van der Waals surface area contributed by atoms with Crippen LogP contribution in [0.1, 0.15) is 35.8 Å². The molecule has 0 saturated carbocycles. The lowest BCUT2D eigenvalue weighted by Gasteiger charge is -2.31. The molecule has 1 saturated heterocycles. The summed E-state index contributed by atoms with van der Waals surface area (Å²) in [5, 5.41) is 4.19. The number of anilines is 2. The zero-order valence-corrected chi connectivity index (χ0v) is 19.8. The summed E-state index contributed by atoms with van der Waals surface area (Å²) in [4.78, 5) is 24.5. The third-order valence-electron chi connectivity index (χ3n) is 5.98. The average Bonchev–Trinajstić information content (AvgIpc) is 2.82. The SMILES string of the molecule is COc1cc(Nc2c(C(=O)N3CCC[C@H](C)C3)cnc3nc(C)ccc23)cc(OC)c1OC. The summed E-state index contributed by atoms with van der Waals surface area (Å²) in [5.41, 5.74) is 3.30. The van der Waals surface area contributed by atoms with Crippen molar-refractivity contribution in [2.24, 2.45) is 5.92 Å². The molecule has 0 unspecified atom stereocenters. The number of pyridine rings is 2. The van der Waals surface area contributed by atoms with Gasteiger partial charge in [0.1, 0.15) is 0 Å². The van der Waals surface area contributed by atoms with Crippen LogP contribution in [0.3, 0.4) is 0 Å². The Morgan fingerprint density at radius 2 is 1.85 bits per heavy atom. The number of hydrogen-bond donors (Lipinski definition) is 1. The fourth-order valence-electron chi connectivity index (χ4n) is 4.31. The van der Waals surface area contributed by atoms with Crippen LogP contribution in [0.25, 0.3) is 11.0 Å². The van der Waals surface area contributed by atoms with E-state index >= 15 is 0 Å². The standard InChI is InChI=1S/C25H30N4O4/c1-15-7-6-10-29(14-15)25(30)19-13-26-24-18(9-8-16(2)27-24)22(19)28-17-11-20(31-3)23(33-5)21(12-17)32-4/h8-9,11-13,15H,6-7,10,14H2,1-5H3,(H,26,27,28)/t15-/m0/s1. The summed E-state index contributed by atoms with van der Waals surface area (Å²) in [6, 6.07) is 7.49. The molecule has 1 aliphatic heterocycles. The van der Waals surface area contributed by atoms with E-state index in [1.807, 2.05) is 36.1 Å². The fraction of sp³-hybridized carbons (Fsp3) is 0.400. The summed E-state index contributed by atoms with van der Waals surface area (Å²) < 4.78 is 16.4. The van der Waals surface area contributed by atoms with Gasteiger partial charge in [-0.2, -0.15) is 0 Å². The topological polar surface area (TPSA) is 85.8 Å². The minimum Gasteiger partial charge on any atom is -0.493 e. The van der Waals surface area contributed by atoms with Crippen LogP contribution in [0, 0.1) is 12.8 Å². The second kappa shape index (κ2) is 9.52. The van der Waals surface area contributed by atoms with Crippen molar-refractivity contribution >= 4 is 28.3 Å². The molecule has 1 atom stereocenters. The number of ether oxygens (including phenoxy) is 3. The van der Waals surface area contributed by atoms with Gasteiger partial charge in [0.2, 0.25) is 5.75 Å². The monoisotopic (exact) mass is 450 g/mol. The van der Waals surface area contributed by atoms with Gasteiger partial charge in [-0.05, 0) is 37.8 Å². The maximum atomic E-state index is 13.6. The lowest BCUT2D eigenvalue weighted by atomic mass is 9.99. The minimum absolute atomic E-state index is 0.0357. The largest absolute Gasteiger partial charge is 0.493 e. The Morgan fingerprint density at radius 1 is 1.12 bits per heavy atom. The fourth-order valence-corrected chi connectivity index (χ4v) is 4.31. The van der Waals surface area contributed by atoms with E-state index in [1.165, 1.54) is 0 Å². The van der Waals surface area contributed by atoms with Gasteiger partial charge in [-0.3, -0.25) is 4.79 Å². The van der Waals surface area contributed by atoms with Gasteiger partial charge in [-0.25, -0.2) is 9.97 Å². The molecule has 1 N–H and O–H groups in total. The van der Waals surface area contributed by atoms with E-state index in [-0.39, 0.29) is 5.91 Å². The molecule has 1 fully saturated rings. The number of carbonyl (C=O) groups is 1. The van der Waals surface area contributed by atoms with E-state index in [0.29, 0.717) is 45.8 Å². The molecule has 3 aromatic rings. The number of aromatic nitrogens is 2. The van der Waals surface area contributed by atoms with Gasteiger partial charge < -0.3 is 24.4 Å². The molecule has 0 bridgehead atoms. The first kappa shape index (κ1) is 22.6. The summed E-state index contributed by atoms with van der Waals surface area (Å²) in [6.07, 6.45) is 3.76. The van der Waals surface area contributed by atoms with Gasteiger partial charge in [0.05, 0.1) is 32.6 Å². The molecule has 8 nitrogen and oxygen atoms in total. The second-order valence-electron chi connectivity index (χ2n) is 8.41. The molecule has 0 radical (unpaired) electrons. The molecule has 3 heterocycles. The quantitative estimate of drug-likeness (QED) is 0.588. The first-order valence-electron chi connectivity index (χ1n) is 11.1. The van der Waals surface area contributed by atoms with Crippen LogP contribution in [0.4, 0.5) is 11.4 Å². The number of methoxy groups -OCH3 is 3. The van der Waals surface area contributed by atoms with Crippen molar-refractivity contribution in [2.45, 2.75) is 26.7 Å². The molecule has 1 aliphatic rings. The van der Waals surface area contributed by atoms with Gasteiger partial charge in [0.15, 0.2) is 17.1 Å². The number of likely N-dealkylation sites (tertiary alicyclic amines) is 1. The highest BCUT2D eigenvalue weighted by Gasteiger charge is 2.26. The van der Waals surface area contributed by atoms with Crippen molar-refractivity contribution in [1.82, 2.24) is 14.9 Å². The number of hydrogen-bond acceptors (Lipinski definition) is 7. The van der Waals surface area contributed by atoms with Gasteiger partial charge in [-0.15, -0.1) is 0 Å². The Kier molecular flexibility index (Phi) is 6.53. The number of carbonyl (C=O) groups excluding carboxylic acids is 1. The van der Waals surface area contributed by atoms with E-state index < -0.39 is 0 Å². The van der Waals surface area contributed by atoms with Gasteiger partial charge in [0, 0.05) is 48.2 Å². The van der Waals surface area contributed by atoms with Crippen LogP contribution < -0.4 is 19.5 Å². The van der Waals surface area contributed by atoms with E-state index in [0.717, 1.165) is 37.0 Å². The number of benzene rings is 1. The predicted octanol–water partition coefficient (Wildman–Crippen LogP) is 4.58. The van der Waals surface area contributed by atoms with Crippen LogP contribution in [0.5, 0.6) is 17.2 Å². The molecule has 33 heavy (non-hydrogen) atoms. The summed E-state index contributed by atoms with van der Waals surface area (Å²) in [5.74, 6) is 1.98. The molecule has 2 aromatic heterocycles. The Labute approximate surface area is 193 Å². The van der Waals surface area contributed by atoms with Crippen LogP contribution in [0.2, 0.25) is 0 Å². The number of piperidine rings is 1. The predicted molar refractivity (Wildman–Crippen MR) is 128 cm³/mol. The summed E-state index contributed by atoms with van der Waals surface area (Å²) in [7, 11) is 4.71. The van der Waals surface area contributed by atoms with E-state index in [2.05, 4.69) is 22.2 Å². The summed E-state index contributed by atoms with van der Waals surface area (Å²) in [6.45, 7) is 5.59. The highest BCUT2D eigenvalue weighted by molar-refractivity contribution is 6.07. The number of nitrogens with zero attached hydrogens (tertiary/aromatic N) is 3. The average molecular weight is 451 g/mol. The van der Waals surface area contributed by atoms with Crippen LogP contribution in [-0.2, 0) is 0 Å². The van der Waals surface area contributed by atoms with Crippen molar-refractivity contribution in [2.75, 3.05) is 39.7 Å². The lowest BCUT2D eigenvalue weighted by Crippen LogP contribution is -2.39. The molecule has 1 aromatic carbocycles. The summed E-state index contributed by atoms with van der Waals surface area (Å²) >= 11 is 0. The van der Waals surface area contributed by atoms with Gasteiger partial charge in [-0.1, -0.05) is 6.92 Å². The number of rotatable bonds is 6. The third-order valence-corrected chi connectivity index (χ3v) is 5.98. The highest BCUT2D eigenvalue weighted by Crippen LogP contribution is 2.41. The molecule has 1 amide bonds. The molecule has 8 heteroatoms. The van der Waals surface area contributed by atoms with Crippen molar-refractivity contribution in [3.05, 3.63) is 41.7 Å². The molecule has 4 rings (SSSR count). The molecule has 174 valence electrons. The lowest BCUT2D eigenvalue weighted by molar-refractivity contribution is 0.0684. The minimum atomic E-state index is -0.0357. The highest BCUT2D eigenvalue weighted by atomic mass is 16.5. The van der Waals surface area contributed by atoms with E-state index in [4.69, 9.17) is 14.2 Å². The maximum Gasteiger partial charge on any atom is 0.257 e. The maximum absolute atomic E-state index is 13.6. The molecule has 0 aliphatic carbocycles.